The van der Waals surface area contributed by atoms with Crippen molar-refractivity contribution in [3.63, 3.8) is 0 Å². The largest absolute Gasteiger partial charge is 0.393 e. The van der Waals surface area contributed by atoms with Crippen LogP contribution >= 0.6 is 0 Å². The molecule has 1 aliphatic rings. The first-order valence-corrected chi connectivity index (χ1v) is 8.18. The molecule has 0 spiro atoms. The zero-order valence-electron chi connectivity index (χ0n) is 11.6. The zero-order valence-corrected chi connectivity index (χ0v) is 12.4. The summed E-state index contributed by atoms with van der Waals surface area (Å²) in [6, 6.07) is 0. The van der Waals surface area contributed by atoms with Gasteiger partial charge in [-0.1, -0.05) is 13.8 Å². The van der Waals surface area contributed by atoms with Gasteiger partial charge in [-0.2, -0.15) is 12.7 Å². The topological polar surface area (TPSA) is 69.6 Å². The van der Waals surface area contributed by atoms with E-state index in [0.717, 1.165) is 12.8 Å². The second kappa shape index (κ2) is 6.84. The normalized spacial score (nSPS) is 25.9. The molecule has 0 aromatic heterocycles. The first-order chi connectivity index (χ1) is 8.31. The highest BCUT2D eigenvalue weighted by molar-refractivity contribution is 7.87. The fourth-order valence-corrected chi connectivity index (χ4v) is 3.87. The van der Waals surface area contributed by atoms with Gasteiger partial charge in [0.05, 0.1) is 6.10 Å². The fraction of sp³-hybridized carbons (Fsp3) is 1.00. The molecule has 0 amide bonds. The van der Waals surface area contributed by atoms with E-state index in [4.69, 9.17) is 0 Å². The van der Waals surface area contributed by atoms with E-state index in [0.29, 0.717) is 32.0 Å². The average Bonchev–Trinajstić information content (AvgIpc) is 2.26. The maximum absolute atomic E-state index is 12.1. The molecule has 108 valence electrons. The molecule has 3 atom stereocenters. The molecule has 18 heavy (non-hydrogen) atoms. The SMILES string of the molecule is CC(O)CC(C)CNS(=O)(=O)N1CCCC(C)C1. The Bertz CT molecular complexity index is 343. The first-order valence-electron chi connectivity index (χ1n) is 6.74. The average molecular weight is 278 g/mol. The zero-order chi connectivity index (χ0) is 13.8. The summed E-state index contributed by atoms with van der Waals surface area (Å²) in [6.45, 7) is 7.35. The van der Waals surface area contributed by atoms with Gasteiger partial charge in [-0.15, -0.1) is 0 Å². The second-order valence-corrected chi connectivity index (χ2v) is 7.40. The lowest BCUT2D eigenvalue weighted by atomic mass is 10.0. The van der Waals surface area contributed by atoms with Gasteiger partial charge in [-0.05, 0) is 38.0 Å². The first kappa shape index (κ1) is 15.9. The van der Waals surface area contributed by atoms with Crippen molar-refractivity contribution in [3.8, 4) is 0 Å². The Labute approximate surface area is 111 Å². The summed E-state index contributed by atoms with van der Waals surface area (Å²) in [4.78, 5) is 0. The number of rotatable bonds is 6. The van der Waals surface area contributed by atoms with Crippen LogP contribution in [-0.2, 0) is 10.2 Å². The van der Waals surface area contributed by atoms with Crippen LogP contribution in [0.4, 0.5) is 0 Å². The van der Waals surface area contributed by atoms with E-state index in [1.54, 1.807) is 6.92 Å². The van der Waals surface area contributed by atoms with Gasteiger partial charge < -0.3 is 5.11 Å². The van der Waals surface area contributed by atoms with Crippen molar-refractivity contribution in [2.75, 3.05) is 19.6 Å². The van der Waals surface area contributed by atoms with Crippen LogP contribution in [0.3, 0.4) is 0 Å². The second-order valence-electron chi connectivity index (χ2n) is 5.65. The minimum Gasteiger partial charge on any atom is -0.393 e. The number of hydrogen-bond donors (Lipinski definition) is 2. The summed E-state index contributed by atoms with van der Waals surface area (Å²) in [5, 5.41) is 9.25. The quantitative estimate of drug-likeness (QED) is 0.760. The monoisotopic (exact) mass is 278 g/mol. The molecule has 1 saturated heterocycles. The van der Waals surface area contributed by atoms with Crippen LogP contribution in [0, 0.1) is 11.8 Å². The van der Waals surface area contributed by atoms with E-state index in [2.05, 4.69) is 11.6 Å². The van der Waals surface area contributed by atoms with E-state index >= 15 is 0 Å². The van der Waals surface area contributed by atoms with E-state index in [1.807, 2.05) is 6.92 Å². The van der Waals surface area contributed by atoms with Crippen LogP contribution in [-0.4, -0.2) is 43.6 Å². The Morgan fingerprint density at radius 1 is 1.44 bits per heavy atom. The molecule has 0 aromatic rings. The number of piperidine rings is 1. The van der Waals surface area contributed by atoms with Crippen molar-refractivity contribution in [2.24, 2.45) is 11.8 Å². The van der Waals surface area contributed by atoms with Gasteiger partial charge in [0.2, 0.25) is 0 Å². The molecule has 3 unspecified atom stereocenters. The van der Waals surface area contributed by atoms with Gasteiger partial charge in [-0.25, -0.2) is 4.72 Å². The molecule has 0 aliphatic carbocycles. The standard InChI is InChI=1S/C12H26N2O3S/c1-10-5-4-6-14(9-10)18(16,17)13-8-11(2)7-12(3)15/h10-13,15H,4-9H2,1-3H3. The molecular formula is C12H26N2O3S. The van der Waals surface area contributed by atoms with Gasteiger partial charge in [0, 0.05) is 19.6 Å². The van der Waals surface area contributed by atoms with E-state index in [9.17, 15) is 13.5 Å². The van der Waals surface area contributed by atoms with Gasteiger partial charge in [-0.3, -0.25) is 0 Å². The molecule has 0 saturated carbocycles. The molecule has 1 aliphatic heterocycles. The maximum Gasteiger partial charge on any atom is 0.279 e. The molecule has 2 N–H and O–H groups in total. The van der Waals surface area contributed by atoms with Crippen molar-refractivity contribution >= 4 is 10.2 Å². The van der Waals surface area contributed by atoms with Crippen molar-refractivity contribution in [3.05, 3.63) is 0 Å². The Kier molecular flexibility index (Phi) is 6.04. The molecule has 0 radical (unpaired) electrons. The Morgan fingerprint density at radius 2 is 2.11 bits per heavy atom. The molecule has 5 nitrogen and oxygen atoms in total. The van der Waals surface area contributed by atoms with Crippen molar-refractivity contribution < 1.29 is 13.5 Å². The maximum atomic E-state index is 12.1. The Morgan fingerprint density at radius 3 is 2.67 bits per heavy atom. The Balaban J connectivity index is 2.44. The summed E-state index contributed by atoms with van der Waals surface area (Å²) in [5.74, 6) is 0.576. The molecule has 1 fully saturated rings. The van der Waals surface area contributed by atoms with Crippen LogP contribution in [0.2, 0.25) is 0 Å². The molecule has 0 aromatic carbocycles. The van der Waals surface area contributed by atoms with Crippen LogP contribution in [0.15, 0.2) is 0 Å². The highest BCUT2D eigenvalue weighted by atomic mass is 32.2. The minimum absolute atomic E-state index is 0.141. The van der Waals surface area contributed by atoms with Crippen molar-refractivity contribution in [1.29, 1.82) is 0 Å². The van der Waals surface area contributed by atoms with Gasteiger partial charge in [0.25, 0.3) is 10.2 Å². The lowest BCUT2D eigenvalue weighted by Gasteiger charge is -2.30. The third-order valence-corrected chi connectivity index (χ3v) is 4.86. The number of hydrogen-bond acceptors (Lipinski definition) is 3. The number of nitrogens with one attached hydrogen (secondary N) is 1. The highest BCUT2D eigenvalue weighted by Gasteiger charge is 2.26. The van der Waals surface area contributed by atoms with Crippen molar-refractivity contribution in [1.82, 2.24) is 9.03 Å². The lowest BCUT2D eigenvalue weighted by molar-refractivity contribution is 0.164. The highest BCUT2D eigenvalue weighted by Crippen LogP contribution is 2.17. The summed E-state index contributed by atoms with van der Waals surface area (Å²) >= 11 is 0. The van der Waals surface area contributed by atoms with Gasteiger partial charge >= 0.3 is 0 Å². The lowest BCUT2D eigenvalue weighted by Crippen LogP contribution is -2.46. The summed E-state index contributed by atoms with van der Waals surface area (Å²) in [7, 11) is -3.35. The molecule has 6 heteroatoms. The summed E-state index contributed by atoms with van der Waals surface area (Å²) in [6.07, 6.45) is 2.26. The van der Waals surface area contributed by atoms with Crippen LogP contribution < -0.4 is 4.72 Å². The van der Waals surface area contributed by atoms with E-state index in [1.165, 1.54) is 4.31 Å². The van der Waals surface area contributed by atoms with Gasteiger partial charge in [0.15, 0.2) is 0 Å². The fourth-order valence-electron chi connectivity index (χ4n) is 2.37. The van der Waals surface area contributed by atoms with Crippen LogP contribution in [0.5, 0.6) is 0 Å². The third-order valence-electron chi connectivity index (χ3n) is 3.32. The third kappa shape index (κ3) is 5.22. The summed E-state index contributed by atoms with van der Waals surface area (Å²) in [5.41, 5.74) is 0. The van der Waals surface area contributed by atoms with Gasteiger partial charge in [0.1, 0.15) is 0 Å². The number of aliphatic hydroxyl groups excluding tert-OH is 1. The minimum atomic E-state index is -3.35. The van der Waals surface area contributed by atoms with Crippen LogP contribution in [0.1, 0.15) is 40.0 Å². The predicted octanol–water partition coefficient (Wildman–Crippen LogP) is 0.960. The number of nitrogens with zero attached hydrogens (tertiary/aromatic N) is 1. The Hall–Kier alpha value is -0.170. The number of aliphatic hydroxyl groups is 1. The molecule has 1 rings (SSSR count). The smallest absolute Gasteiger partial charge is 0.279 e. The van der Waals surface area contributed by atoms with E-state index < -0.39 is 10.2 Å². The molecule has 1 heterocycles. The summed E-state index contributed by atoms with van der Waals surface area (Å²) < 4.78 is 28.3. The molecule has 0 bridgehead atoms. The molecular weight excluding hydrogens is 252 g/mol. The van der Waals surface area contributed by atoms with E-state index in [-0.39, 0.29) is 12.0 Å². The van der Waals surface area contributed by atoms with Crippen molar-refractivity contribution in [2.45, 2.75) is 46.1 Å². The van der Waals surface area contributed by atoms with Crippen LogP contribution in [0.25, 0.3) is 0 Å². The predicted molar refractivity (Wildman–Crippen MR) is 72.4 cm³/mol.